The number of aromatic nitrogens is 14. The molecule has 7 aromatic rings. The number of anilines is 3. The summed E-state index contributed by atoms with van der Waals surface area (Å²) >= 11 is 0. The third-order valence-corrected chi connectivity index (χ3v) is 34.3. The maximum Gasteiger partial charge on any atom is 0.351 e. The Balaban J connectivity index is 0.717. The zero-order valence-corrected chi connectivity index (χ0v) is 72.9. The number of guanidine groups is 1. The predicted molar refractivity (Wildman–Crippen MR) is 439 cm³/mol. The smallest absolute Gasteiger partial charge is 0.351 e. The summed E-state index contributed by atoms with van der Waals surface area (Å²) in [7, 11) is -9.41. The summed E-state index contributed by atoms with van der Waals surface area (Å²) in [5, 5.41) is 9.52. The number of hydrogen-bond acceptors (Lipinski definition) is 36. The average molecular weight is 1790 g/mol. The zero-order valence-electron chi connectivity index (χ0n) is 68.4. The number of nitrogens with two attached hydrogens (primary N) is 5. The number of nitrogen functional groups attached to an aromatic ring is 3. The molecule has 0 aromatic carbocycles. The fourth-order valence-electron chi connectivity index (χ4n) is 15.8. The number of aliphatic imine (C=N–C) groups is 1. The van der Waals surface area contributed by atoms with E-state index in [-0.39, 0.29) is 131 Å². The molecular formula is C65H106N33O18P5. The second kappa shape index (κ2) is 36.4. The minimum absolute atomic E-state index is 0.0214. The number of aryl methyl sites for hydroxylation is 1. The van der Waals surface area contributed by atoms with Gasteiger partial charge in [0.1, 0.15) is 60.0 Å². The topological polar surface area (TPSA) is 583 Å². The van der Waals surface area contributed by atoms with Gasteiger partial charge in [-0.3, -0.25) is 60.3 Å². The van der Waals surface area contributed by atoms with Gasteiger partial charge in [0.25, 0.3) is 13.1 Å². The highest BCUT2D eigenvalue weighted by Crippen LogP contribution is 2.61. The maximum atomic E-state index is 16.8. The molecule has 51 nitrogen and oxygen atoms in total. The van der Waals surface area contributed by atoms with Crippen LogP contribution in [-0.4, -0.2) is 358 Å². The molecule has 121 heavy (non-hydrogen) atoms. The fourth-order valence-corrected chi connectivity index (χ4v) is 25.8. The van der Waals surface area contributed by atoms with Crippen LogP contribution in [0.3, 0.4) is 0 Å². The summed E-state index contributed by atoms with van der Waals surface area (Å²) in [5.74, 6) is 0.441. The van der Waals surface area contributed by atoms with E-state index in [0.717, 1.165) is 4.57 Å². The Labute approximate surface area is 694 Å². The number of nitrogens with one attached hydrogen (secondary N) is 4. The normalized spacial score (nSPS) is 28.3. The zero-order chi connectivity index (χ0) is 85.8. The number of fused-ring (bicyclic) bond motifs is 3. The first-order valence-electron chi connectivity index (χ1n) is 39.3. The van der Waals surface area contributed by atoms with Gasteiger partial charge in [-0.15, -0.1) is 0 Å². The highest BCUT2D eigenvalue weighted by molar-refractivity contribution is 7.56. The summed E-state index contributed by atoms with van der Waals surface area (Å²) in [6, 6.07) is 1.48. The lowest BCUT2D eigenvalue weighted by atomic mass is 10.3. The van der Waals surface area contributed by atoms with Gasteiger partial charge >= 0.3 is 42.1 Å². The van der Waals surface area contributed by atoms with Crippen molar-refractivity contribution in [3.05, 3.63) is 92.7 Å². The van der Waals surface area contributed by atoms with Crippen LogP contribution in [-0.2, 0) is 69.1 Å². The highest BCUT2D eigenvalue weighted by atomic mass is 31.2. The Kier molecular flexibility index (Phi) is 26.7. The molecular weight excluding hydrogens is 1690 g/mol. The van der Waals surface area contributed by atoms with Crippen molar-refractivity contribution in [3.63, 3.8) is 0 Å². The van der Waals surface area contributed by atoms with Crippen molar-refractivity contribution in [1.82, 2.24) is 131 Å². The third-order valence-electron chi connectivity index (χ3n) is 22.0. The number of nitrogens with zero attached hydrogens (tertiary/aromatic N) is 24. The first kappa shape index (κ1) is 88.6. The number of morpholine rings is 5. The van der Waals surface area contributed by atoms with Gasteiger partial charge in [-0.1, -0.05) is 0 Å². The van der Waals surface area contributed by atoms with Crippen LogP contribution < -0.4 is 61.6 Å². The third kappa shape index (κ3) is 18.6. The summed E-state index contributed by atoms with van der Waals surface area (Å²) in [6.45, 7) is 4.39. The van der Waals surface area contributed by atoms with E-state index in [1.165, 1.54) is 80.3 Å². The molecule has 7 aromatic heterocycles. The van der Waals surface area contributed by atoms with Gasteiger partial charge in [-0.2, -0.15) is 9.98 Å². The minimum Gasteiger partial charge on any atom is -0.383 e. The van der Waals surface area contributed by atoms with Crippen LogP contribution in [0.15, 0.2) is 69.5 Å². The van der Waals surface area contributed by atoms with Crippen molar-refractivity contribution in [2.75, 3.05) is 224 Å². The number of piperazine rings is 2. The molecule has 7 fully saturated rings. The van der Waals surface area contributed by atoms with E-state index in [9.17, 15) is 18.9 Å². The molecule has 14 N–H and O–H groups in total. The number of hydrogen-bond donors (Lipinski definition) is 9. The molecule has 0 spiro atoms. The molecule has 7 saturated heterocycles. The highest BCUT2D eigenvalue weighted by Gasteiger charge is 2.52. The Bertz CT molecular complexity index is 5350. The molecule has 664 valence electrons. The van der Waals surface area contributed by atoms with E-state index in [1.54, 1.807) is 81.3 Å². The maximum absolute atomic E-state index is 16.8. The largest absolute Gasteiger partial charge is 0.383 e. The molecule has 8 aliphatic rings. The van der Waals surface area contributed by atoms with Crippen molar-refractivity contribution in [2.45, 2.75) is 74.7 Å². The molecule has 0 amide bonds. The molecule has 15 heterocycles. The van der Waals surface area contributed by atoms with Gasteiger partial charge in [0.2, 0.25) is 0 Å². The monoisotopic (exact) mass is 1790 g/mol. The second-order valence-electron chi connectivity index (χ2n) is 31.1. The van der Waals surface area contributed by atoms with Gasteiger partial charge in [0, 0.05) is 116 Å². The number of likely N-dealkylation sites (N-methyl/N-ethyl adjacent to an activating group) is 1. The molecule has 0 bridgehead atoms. The van der Waals surface area contributed by atoms with E-state index in [0.29, 0.717) is 69.2 Å². The van der Waals surface area contributed by atoms with Gasteiger partial charge in [-0.25, -0.2) is 86.5 Å². The average Bonchev–Trinajstić information content (AvgIpc) is 1.71. The Morgan fingerprint density at radius 1 is 0.504 bits per heavy atom. The van der Waals surface area contributed by atoms with E-state index in [4.69, 9.17) is 75.0 Å². The SMILES string of the molecule is Cc1cn(C2CN(P(=O)(OCC3CN(C)CC(n4ccc(N)nc4=O)O3)N(C)C)CC(COP(=O)(N(C)C)N3CC(COP(=O)(N(C)C)N4CC(COP(=O)(N5CCNCC5)N5CC(COP(C)(=O)N6CCNCC6)OC(n6cnc7c(N)ncnc76)C5)OC(n5cnc6c(N)ncnc65)C4)OC(n4cnc5c4N=C(N)NC5N)C3)O2)c(=O)[nH]c1=O. The lowest BCUT2D eigenvalue weighted by Crippen LogP contribution is -2.52. The molecule has 56 heteroatoms. The number of ether oxygens (including phenoxy) is 5. The van der Waals surface area contributed by atoms with Gasteiger partial charge in [0.05, 0.1) is 109 Å². The lowest BCUT2D eigenvalue weighted by Gasteiger charge is -2.47. The van der Waals surface area contributed by atoms with Crippen molar-refractivity contribution in [3.8, 4) is 0 Å². The van der Waals surface area contributed by atoms with Crippen LogP contribution in [0.5, 0.6) is 0 Å². The van der Waals surface area contributed by atoms with Crippen LogP contribution in [0.1, 0.15) is 48.6 Å². The Morgan fingerprint density at radius 2 is 0.934 bits per heavy atom. The van der Waals surface area contributed by atoms with E-state index in [1.807, 2.05) is 16.6 Å². The fraction of sp³-hybridized carbons (Fsp3) is 0.662. The molecule has 0 radical (unpaired) electrons. The first-order valence-corrected chi connectivity index (χ1v) is 47.4. The number of rotatable bonds is 29. The first-order chi connectivity index (χ1) is 57.7. The summed E-state index contributed by atoms with van der Waals surface area (Å²) < 4.78 is 169. The number of aromatic amines is 1. The van der Waals surface area contributed by atoms with Gasteiger partial charge in [-0.05, 0) is 62.3 Å². The van der Waals surface area contributed by atoms with E-state index >= 15 is 18.3 Å². The molecule has 0 saturated carbocycles. The molecule has 16 atom stereocenters. The number of H-pyrrole nitrogens is 1. The Morgan fingerprint density at radius 3 is 1.43 bits per heavy atom. The minimum atomic E-state index is -4.41. The van der Waals surface area contributed by atoms with E-state index in [2.05, 4.69) is 65.8 Å². The van der Waals surface area contributed by atoms with Crippen LogP contribution in [0.2, 0.25) is 0 Å². The van der Waals surface area contributed by atoms with Gasteiger partial charge < -0.3 is 90.9 Å². The van der Waals surface area contributed by atoms with Crippen LogP contribution in [0.4, 0.5) is 23.3 Å². The number of imidazole rings is 3. The molecule has 8 aliphatic heterocycles. The lowest BCUT2D eigenvalue weighted by molar-refractivity contribution is -0.134. The molecule has 0 aliphatic carbocycles. The molecule has 16 unspecified atom stereocenters. The molecule has 15 rings (SSSR count). The van der Waals surface area contributed by atoms with Crippen LogP contribution in [0, 0.1) is 6.92 Å². The second-order valence-corrected chi connectivity index (χ2v) is 43.7. The summed E-state index contributed by atoms with van der Waals surface area (Å²) in [4.78, 5) is 83.5. The van der Waals surface area contributed by atoms with E-state index < -0.39 is 136 Å². The standard InChI is InChI=1S/C65H106N33O18P5/c1-41-20-95(65(101)83-62(41)99)49-27-90(118(103,84(2)3)108-32-42-21-87(8)26-48(112-42)94-15-10-47(66)80-64(94)100)22-44(113-49)33-109-120(105,86(6)7)92-23-45(116-52(29-92)98-40-79-55-58(69)81-63(70)82-61(55)98)34-110-119(104,85(4)5)91-24-46(115-50(28-91)96-38-77-53-56(67)73-36-75-59(53)96)35-111-121(106,89-18-13-72-14-19-89)93-25-43(31-107-117(9,102)88-16-11-71-12-17-88)114-51(30-93)97-39-78-54-57(68)74-37-76-60(54)97/h10,15,20,36-40,42-46,48-52,58,71-72H,11-14,16-19,21-35,69H2,1-9H3,(H2,66,80,100)(H2,67,73,75)(H2,68,74,76)(H3,70,81,82)(H,83,99,101). The summed E-state index contributed by atoms with van der Waals surface area (Å²) in [5.41, 5.74) is 30.9. The van der Waals surface area contributed by atoms with Crippen molar-refractivity contribution in [1.29, 1.82) is 0 Å². The predicted octanol–water partition coefficient (Wildman–Crippen LogP) is -1.61. The van der Waals surface area contributed by atoms with Gasteiger partial charge in [0.15, 0.2) is 47.2 Å². The van der Waals surface area contributed by atoms with Crippen molar-refractivity contribution >= 4 is 89.8 Å². The van der Waals surface area contributed by atoms with Crippen molar-refractivity contribution in [2.24, 2.45) is 16.5 Å². The summed E-state index contributed by atoms with van der Waals surface area (Å²) in [6.07, 6.45) is -1.27. The quantitative estimate of drug-likeness (QED) is 0.0238. The Hall–Kier alpha value is -7.23. The van der Waals surface area contributed by atoms with Crippen LogP contribution in [0.25, 0.3) is 22.3 Å². The van der Waals surface area contributed by atoms with Crippen molar-refractivity contribution < 1.29 is 69.1 Å². The van der Waals surface area contributed by atoms with Crippen LogP contribution >= 0.6 is 38.2 Å².